The van der Waals surface area contributed by atoms with Gasteiger partial charge in [0.2, 0.25) is 5.91 Å². The zero-order valence-electron chi connectivity index (χ0n) is 11.7. The van der Waals surface area contributed by atoms with Gasteiger partial charge in [-0.2, -0.15) is 0 Å². The number of rotatable bonds is 6. The molecule has 0 aromatic carbocycles. The van der Waals surface area contributed by atoms with E-state index in [1.54, 1.807) is 6.92 Å². The second-order valence-electron chi connectivity index (χ2n) is 4.28. The summed E-state index contributed by atoms with van der Waals surface area (Å²) in [4.78, 5) is 22.3. The molecule has 0 rings (SSSR count). The van der Waals surface area contributed by atoms with Gasteiger partial charge in [-0.1, -0.05) is 12.7 Å². The summed E-state index contributed by atoms with van der Waals surface area (Å²) in [6, 6.07) is 0. The highest BCUT2D eigenvalue weighted by Gasteiger charge is 1.95. The summed E-state index contributed by atoms with van der Waals surface area (Å²) in [6.07, 6.45) is 3.89. The minimum atomic E-state index is -0.935. The summed E-state index contributed by atoms with van der Waals surface area (Å²) in [5, 5.41) is 7.89. The predicted molar refractivity (Wildman–Crippen MR) is 73.2 cm³/mol. The third-order valence-electron chi connectivity index (χ3n) is 2.01. The lowest BCUT2D eigenvalue weighted by atomic mass is 10.2. The van der Waals surface area contributed by atoms with Crippen LogP contribution < -0.4 is 5.73 Å². The standard InChI is InChI=1S/C9H18N2O.C4H6O2/c1-8(9(10)12)6-4-5-7-11(2)3;1-3(2)4(5)6/h6H,4-5,7H2,1-3H3,(H2,10,12);1H2,2H3,(H,5,6). The van der Waals surface area contributed by atoms with E-state index >= 15 is 0 Å². The Bertz CT molecular complexity index is 308. The molecule has 0 unspecified atom stereocenters. The van der Waals surface area contributed by atoms with Crippen LogP contribution in [0.25, 0.3) is 0 Å². The molecule has 5 heteroatoms. The molecule has 0 aliphatic carbocycles. The lowest BCUT2D eigenvalue weighted by Crippen LogP contribution is -2.13. The van der Waals surface area contributed by atoms with Crippen molar-refractivity contribution in [3.63, 3.8) is 0 Å². The molecule has 0 aromatic rings. The van der Waals surface area contributed by atoms with Gasteiger partial charge >= 0.3 is 5.97 Å². The summed E-state index contributed by atoms with van der Waals surface area (Å²) < 4.78 is 0. The molecule has 0 saturated heterocycles. The minimum absolute atomic E-state index is 0.176. The SMILES string of the molecule is C=C(C)C(=O)O.CC(=CCCCN(C)C)C(N)=O. The molecule has 3 N–H and O–H groups in total. The predicted octanol–water partition coefficient (Wildman–Crippen LogP) is 1.41. The third-order valence-corrected chi connectivity index (χ3v) is 2.01. The van der Waals surface area contributed by atoms with Crippen LogP contribution in [0.4, 0.5) is 0 Å². The molecule has 104 valence electrons. The number of unbranched alkanes of at least 4 members (excludes halogenated alkanes) is 1. The van der Waals surface area contributed by atoms with Gasteiger partial charge in [0, 0.05) is 11.1 Å². The number of primary amides is 1. The van der Waals surface area contributed by atoms with Crippen LogP contribution in [0.5, 0.6) is 0 Å². The highest BCUT2D eigenvalue weighted by molar-refractivity contribution is 5.91. The number of nitrogens with zero attached hydrogens (tertiary/aromatic N) is 1. The van der Waals surface area contributed by atoms with Crippen LogP contribution in [0.1, 0.15) is 26.7 Å². The van der Waals surface area contributed by atoms with Gasteiger partial charge in [-0.15, -0.1) is 0 Å². The van der Waals surface area contributed by atoms with Crippen molar-refractivity contribution < 1.29 is 14.7 Å². The molecule has 0 heterocycles. The number of hydrogen-bond acceptors (Lipinski definition) is 3. The van der Waals surface area contributed by atoms with Gasteiger partial charge in [0.25, 0.3) is 0 Å². The molecular weight excluding hydrogens is 232 g/mol. The van der Waals surface area contributed by atoms with E-state index < -0.39 is 5.97 Å². The summed E-state index contributed by atoms with van der Waals surface area (Å²) in [5.74, 6) is -1.25. The van der Waals surface area contributed by atoms with Gasteiger partial charge in [0.15, 0.2) is 0 Å². The van der Waals surface area contributed by atoms with Crippen LogP contribution in [0.15, 0.2) is 23.8 Å². The Morgan fingerprint density at radius 2 is 1.78 bits per heavy atom. The summed E-state index contributed by atoms with van der Waals surface area (Å²) >= 11 is 0. The van der Waals surface area contributed by atoms with Crippen molar-refractivity contribution in [3.8, 4) is 0 Å². The van der Waals surface area contributed by atoms with Gasteiger partial charge in [0.1, 0.15) is 0 Å². The van der Waals surface area contributed by atoms with E-state index in [9.17, 15) is 9.59 Å². The van der Waals surface area contributed by atoms with Crippen LogP contribution in [0.3, 0.4) is 0 Å². The first-order chi connectivity index (χ1) is 8.18. The van der Waals surface area contributed by atoms with E-state index in [0.29, 0.717) is 5.57 Å². The lowest BCUT2D eigenvalue weighted by Gasteiger charge is -2.06. The molecule has 0 aromatic heterocycles. The number of amides is 1. The Hall–Kier alpha value is -1.62. The van der Waals surface area contributed by atoms with Crippen LogP contribution in [0, 0.1) is 0 Å². The summed E-state index contributed by atoms with van der Waals surface area (Å²) in [7, 11) is 4.06. The molecule has 0 atom stereocenters. The highest BCUT2D eigenvalue weighted by atomic mass is 16.4. The van der Waals surface area contributed by atoms with Crippen molar-refractivity contribution in [2.24, 2.45) is 5.73 Å². The van der Waals surface area contributed by atoms with Gasteiger partial charge in [-0.25, -0.2) is 4.79 Å². The van der Waals surface area contributed by atoms with Gasteiger partial charge in [0.05, 0.1) is 0 Å². The van der Waals surface area contributed by atoms with Crippen LogP contribution >= 0.6 is 0 Å². The van der Waals surface area contributed by atoms with Crippen LogP contribution in [0.2, 0.25) is 0 Å². The second-order valence-corrected chi connectivity index (χ2v) is 4.28. The molecule has 0 saturated carbocycles. The Balaban J connectivity index is 0. The van der Waals surface area contributed by atoms with E-state index in [1.807, 2.05) is 20.2 Å². The van der Waals surface area contributed by atoms with Crippen LogP contribution in [-0.4, -0.2) is 42.5 Å². The fraction of sp³-hybridized carbons (Fsp3) is 0.538. The van der Waals surface area contributed by atoms with Gasteiger partial charge in [-0.05, 0) is 47.3 Å². The monoisotopic (exact) mass is 256 g/mol. The minimum Gasteiger partial charge on any atom is -0.478 e. The van der Waals surface area contributed by atoms with Crippen molar-refractivity contribution in [3.05, 3.63) is 23.8 Å². The number of allylic oxidation sites excluding steroid dienone is 1. The first-order valence-corrected chi connectivity index (χ1v) is 5.68. The first kappa shape index (κ1) is 18.7. The number of carboxylic acids is 1. The lowest BCUT2D eigenvalue weighted by molar-refractivity contribution is -0.132. The van der Waals surface area contributed by atoms with E-state index in [1.165, 1.54) is 6.92 Å². The van der Waals surface area contributed by atoms with Crippen LogP contribution in [-0.2, 0) is 9.59 Å². The average molecular weight is 256 g/mol. The highest BCUT2D eigenvalue weighted by Crippen LogP contribution is 1.97. The summed E-state index contributed by atoms with van der Waals surface area (Å²) in [5.41, 5.74) is 5.90. The molecular formula is C13H24N2O3. The molecule has 1 amide bonds. The third kappa shape index (κ3) is 14.4. The Labute approximate surface area is 109 Å². The number of nitrogens with two attached hydrogens (primary N) is 1. The maximum atomic E-state index is 10.6. The number of hydrogen-bond donors (Lipinski definition) is 2. The van der Waals surface area contributed by atoms with E-state index in [0.717, 1.165) is 19.4 Å². The quantitative estimate of drug-likeness (QED) is 0.556. The van der Waals surface area contributed by atoms with E-state index in [4.69, 9.17) is 10.8 Å². The van der Waals surface area contributed by atoms with Crippen molar-refractivity contribution in [2.45, 2.75) is 26.7 Å². The van der Waals surface area contributed by atoms with Crippen molar-refractivity contribution in [2.75, 3.05) is 20.6 Å². The molecule has 0 spiro atoms. The second kappa shape index (κ2) is 10.5. The number of carbonyl (C=O) groups is 2. The number of carboxylic acid groups (broad SMARTS) is 1. The molecule has 0 aliphatic rings. The average Bonchev–Trinajstić information content (AvgIpc) is 2.24. The van der Waals surface area contributed by atoms with Crippen molar-refractivity contribution >= 4 is 11.9 Å². The molecule has 18 heavy (non-hydrogen) atoms. The summed E-state index contributed by atoms with van der Waals surface area (Å²) in [6.45, 7) is 7.39. The Kier molecular flexibility index (Phi) is 11.0. The maximum absolute atomic E-state index is 10.6. The smallest absolute Gasteiger partial charge is 0.330 e. The van der Waals surface area contributed by atoms with Gasteiger partial charge in [-0.3, -0.25) is 4.79 Å². The van der Waals surface area contributed by atoms with Crippen molar-refractivity contribution in [1.29, 1.82) is 0 Å². The van der Waals surface area contributed by atoms with E-state index in [-0.39, 0.29) is 11.5 Å². The molecule has 0 bridgehead atoms. The molecule has 5 nitrogen and oxygen atoms in total. The Morgan fingerprint density at radius 1 is 1.33 bits per heavy atom. The van der Waals surface area contributed by atoms with Gasteiger partial charge < -0.3 is 15.7 Å². The zero-order chi connectivity index (χ0) is 14.7. The molecule has 0 radical (unpaired) electrons. The first-order valence-electron chi connectivity index (χ1n) is 5.68. The normalized spacial score (nSPS) is 10.6. The molecule has 0 aliphatic heterocycles. The maximum Gasteiger partial charge on any atom is 0.330 e. The Morgan fingerprint density at radius 3 is 2.06 bits per heavy atom. The van der Waals surface area contributed by atoms with E-state index in [2.05, 4.69) is 11.5 Å². The largest absolute Gasteiger partial charge is 0.478 e. The topological polar surface area (TPSA) is 83.6 Å². The number of carbonyl (C=O) groups excluding carboxylic acids is 1. The fourth-order valence-corrected chi connectivity index (χ4v) is 0.827. The zero-order valence-corrected chi connectivity index (χ0v) is 11.7. The number of aliphatic carboxylic acids is 1. The fourth-order valence-electron chi connectivity index (χ4n) is 0.827. The van der Waals surface area contributed by atoms with Crippen molar-refractivity contribution in [1.82, 2.24) is 4.90 Å². The molecule has 0 fully saturated rings.